The van der Waals surface area contributed by atoms with Crippen molar-refractivity contribution in [1.82, 2.24) is 14.7 Å². The Labute approximate surface area is 112 Å². The molecule has 2 heterocycles. The van der Waals surface area contributed by atoms with Crippen LogP contribution >= 0.6 is 0 Å². The Bertz CT molecular complexity index is 481. The highest BCUT2D eigenvalue weighted by Crippen LogP contribution is 2.34. The van der Waals surface area contributed by atoms with E-state index in [1.807, 2.05) is 4.68 Å². The van der Waals surface area contributed by atoms with Gasteiger partial charge in [-0.05, 0) is 25.7 Å². The summed E-state index contributed by atoms with van der Waals surface area (Å²) in [6.45, 7) is 2.61. The summed E-state index contributed by atoms with van der Waals surface area (Å²) in [6.07, 6.45) is 7.20. The monoisotopic (exact) mass is 264 g/mol. The third-order valence-corrected chi connectivity index (χ3v) is 4.31. The van der Waals surface area contributed by atoms with E-state index >= 15 is 0 Å². The lowest BCUT2D eigenvalue weighted by Gasteiger charge is -2.39. The summed E-state index contributed by atoms with van der Waals surface area (Å²) in [6, 6.07) is 0.275. The van der Waals surface area contributed by atoms with Crippen molar-refractivity contribution in [2.75, 3.05) is 19.6 Å². The molecule has 3 N–H and O–H groups in total. The largest absolute Gasteiger partial charge is 0.389 e. The van der Waals surface area contributed by atoms with Gasteiger partial charge in [0, 0.05) is 25.8 Å². The summed E-state index contributed by atoms with van der Waals surface area (Å²) in [4.78, 5) is 13.3. The van der Waals surface area contributed by atoms with Gasteiger partial charge in [0.05, 0.1) is 23.4 Å². The summed E-state index contributed by atoms with van der Waals surface area (Å²) >= 11 is 0. The summed E-state index contributed by atoms with van der Waals surface area (Å²) in [7, 11) is 0. The highest BCUT2D eigenvalue weighted by atomic mass is 16.3. The molecule has 1 atom stereocenters. The van der Waals surface area contributed by atoms with Gasteiger partial charge >= 0.3 is 0 Å². The van der Waals surface area contributed by atoms with E-state index in [4.69, 9.17) is 5.73 Å². The van der Waals surface area contributed by atoms with E-state index in [2.05, 4.69) is 10.00 Å². The van der Waals surface area contributed by atoms with Gasteiger partial charge in [-0.2, -0.15) is 5.10 Å². The van der Waals surface area contributed by atoms with E-state index < -0.39 is 11.5 Å². The maximum absolute atomic E-state index is 11.1. The number of likely N-dealkylation sites (tertiary alicyclic amines) is 1. The molecule has 0 bridgehead atoms. The quantitative estimate of drug-likeness (QED) is 0.810. The first-order chi connectivity index (χ1) is 9.06. The molecule has 1 amide bonds. The lowest BCUT2D eigenvalue weighted by Crippen LogP contribution is -2.47. The van der Waals surface area contributed by atoms with Crippen LogP contribution in [0.15, 0.2) is 12.4 Å². The molecule has 0 aromatic carbocycles. The molecular formula is C13H20N4O2. The van der Waals surface area contributed by atoms with Crippen LogP contribution in [-0.4, -0.2) is 50.9 Å². The normalized spacial score (nSPS) is 26.3. The maximum Gasteiger partial charge on any atom is 0.251 e. The minimum Gasteiger partial charge on any atom is -0.389 e. The van der Waals surface area contributed by atoms with Crippen LogP contribution in [0.1, 0.15) is 42.1 Å². The lowest BCUT2D eigenvalue weighted by molar-refractivity contribution is -0.0552. The van der Waals surface area contributed by atoms with Crippen molar-refractivity contribution in [3.05, 3.63) is 18.0 Å². The summed E-state index contributed by atoms with van der Waals surface area (Å²) in [5.41, 5.74) is 5.22. The second-order valence-electron chi connectivity index (χ2n) is 5.83. The van der Waals surface area contributed by atoms with Crippen LogP contribution < -0.4 is 5.73 Å². The highest BCUT2D eigenvalue weighted by molar-refractivity contribution is 5.92. The highest BCUT2D eigenvalue weighted by Gasteiger charge is 2.38. The van der Waals surface area contributed by atoms with E-state index in [1.54, 1.807) is 6.20 Å². The minimum absolute atomic E-state index is 0.275. The molecule has 1 saturated carbocycles. The number of nitrogens with zero attached hydrogens (tertiary/aromatic N) is 3. The Morgan fingerprint density at radius 3 is 2.95 bits per heavy atom. The number of carbonyl (C=O) groups excluding carboxylic acids is 1. The molecule has 1 aromatic heterocycles. The SMILES string of the molecule is NC(=O)c1cnn(C2CCN(CC3(O)CCC3)C2)c1. The van der Waals surface area contributed by atoms with Crippen molar-refractivity contribution >= 4 is 5.91 Å². The molecular weight excluding hydrogens is 244 g/mol. The lowest BCUT2D eigenvalue weighted by atomic mass is 9.80. The predicted octanol–water partition coefficient (Wildman–Crippen LogP) is 0.144. The van der Waals surface area contributed by atoms with Crippen LogP contribution in [0.2, 0.25) is 0 Å². The fourth-order valence-corrected chi connectivity index (χ4v) is 3.00. The summed E-state index contributed by atoms with van der Waals surface area (Å²) < 4.78 is 1.82. The number of rotatable bonds is 4. The second-order valence-corrected chi connectivity index (χ2v) is 5.83. The predicted molar refractivity (Wildman–Crippen MR) is 69.6 cm³/mol. The van der Waals surface area contributed by atoms with Crippen LogP contribution in [0, 0.1) is 0 Å². The zero-order valence-corrected chi connectivity index (χ0v) is 11.0. The Balaban J connectivity index is 1.60. The van der Waals surface area contributed by atoms with Crippen LogP contribution in [0.25, 0.3) is 0 Å². The average molecular weight is 264 g/mol. The first-order valence-corrected chi connectivity index (χ1v) is 6.84. The zero-order chi connectivity index (χ0) is 13.5. The van der Waals surface area contributed by atoms with Crippen molar-refractivity contribution in [2.45, 2.75) is 37.3 Å². The Morgan fingerprint density at radius 2 is 2.37 bits per heavy atom. The summed E-state index contributed by atoms with van der Waals surface area (Å²) in [5.74, 6) is -0.440. The molecule has 2 fully saturated rings. The number of nitrogens with two attached hydrogens (primary N) is 1. The van der Waals surface area contributed by atoms with Gasteiger partial charge in [0.1, 0.15) is 0 Å². The number of aliphatic hydroxyl groups is 1. The molecule has 3 rings (SSSR count). The van der Waals surface area contributed by atoms with Crippen molar-refractivity contribution in [2.24, 2.45) is 5.73 Å². The standard InChI is InChI=1S/C13H20N4O2/c14-12(18)10-6-15-17(7-10)11-2-5-16(8-11)9-13(19)3-1-4-13/h6-7,11,19H,1-5,8-9H2,(H2,14,18). The van der Waals surface area contributed by atoms with Gasteiger partial charge in [-0.1, -0.05) is 0 Å². The minimum atomic E-state index is -0.461. The molecule has 2 aliphatic rings. The maximum atomic E-state index is 11.1. The van der Waals surface area contributed by atoms with Gasteiger partial charge in [0.15, 0.2) is 0 Å². The fraction of sp³-hybridized carbons (Fsp3) is 0.692. The zero-order valence-electron chi connectivity index (χ0n) is 11.0. The van der Waals surface area contributed by atoms with Gasteiger partial charge in [-0.3, -0.25) is 14.4 Å². The molecule has 1 aliphatic heterocycles. The van der Waals surface area contributed by atoms with Crippen molar-refractivity contribution < 1.29 is 9.90 Å². The number of amides is 1. The summed E-state index contributed by atoms with van der Waals surface area (Å²) in [5, 5.41) is 14.4. The Kier molecular flexibility index (Phi) is 3.06. The molecule has 6 heteroatoms. The first-order valence-electron chi connectivity index (χ1n) is 6.84. The number of carbonyl (C=O) groups is 1. The Hall–Kier alpha value is -1.40. The van der Waals surface area contributed by atoms with Gasteiger partial charge < -0.3 is 10.8 Å². The van der Waals surface area contributed by atoms with E-state index in [0.29, 0.717) is 5.56 Å². The fourth-order valence-electron chi connectivity index (χ4n) is 3.00. The van der Waals surface area contributed by atoms with Crippen LogP contribution in [-0.2, 0) is 0 Å². The molecule has 1 unspecified atom stereocenters. The van der Waals surface area contributed by atoms with Crippen LogP contribution in [0.5, 0.6) is 0 Å². The van der Waals surface area contributed by atoms with Gasteiger partial charge in [0.2, 0.25) is 0 Å². The van der Waals surface area contributed by atoms with Crippen LogP contribution in [0.3, 0.4) is 0 Å². The second kappa shape index (κ2) is 4.61. The number of β-amino-alcohol motifs (C(OH)–C–C–N with tert-alkyl or cyclic N) is 1. The third kappa shape index (κ3) is 2.50. The molecule has 104 valence electrons. The number of primary amides is 1. The molecule has 6 nitrogen and oxygen atoms in total. The first kappa shape index (κ1) is 12.6. The third-order valence-electron chi connectivity index (χ3n) is 4.31. The van der Waals surface area contributed by atoms with E-state index in [1.165, 1.54) is 6.20 Å². The molecule has 1 aliphatic carbocycles. The number of hydrogen-bond donors (Lipinski definition) is 2. The van der Waals surface area contributed by atoms with E-state index in [9.17, 15) is 9.90 Å². The molecule has 1 aromatic rings. The van der Waals surface area contributed by atoms with Gasteiger partial charge in [0.25, 0.3) is 5.91 Å². The van der Waals surface area contributed by atoms with Gasteiger partial charge in [-0.15, -0.1) is 0 Å². The number of aromatic nitrogens is 2. The topological polar surface area (TPSA) is 84.4 Å². The van der Waals surface area contributed by atoms with Gasteiger partial charge in [-0.25, -0.2) is 0 Å². The van der Waals surface area contributed by atoms with E-state index in [0.717, 1.165) is 45.3 Å². The van der Waals surface area contributed by atoms with Crippen LogP contribution in [0.4, 0.5) is 0 Å². The van der Waals surface area contributed by atoms with E-state index in [-0.39, 0.29) is 6.04 Å². The van der Waals surface area contributed by atoms with Crippen molar-refractivity contribution in [1.29, 1.82) is 0 Å². The average Bonchev–Trinajstić information content (AvgIpc) is 2.94. The molecule has 19 heavy (non-hydrogen) atoms. The van der Waals surface area contributed by atoms with Crippen molar-refractivity contribution in [3.8, 4) is 0 Å². The molecule has 0 spiro atoms. The van der Waals surface area contributed by atoms with Crippen molar-refractivity contribution in [3.63, 3.8) is 0 Å². The molecule has 1 saturated heterocycles. The Morgan fingerprint density at radius 1 is 1.58 bits per heavy atom. The smallest absolute Gasteiger partial charge is 0.251 e. The molecule has 0 radical (unpaired) electrons. The number of hydrogen-bond acceptors (Lipinski definition) is 4.